The molecule has 0 aliphatic rings. The quantitative estimate of drug-likeness (QED) is 0.635. The molecule has 0 atom stereocenters. The summed E-state index contributed by atoms with van der Waals surface area (Å²) in [5.41, 5.74) is -0.914. The van der Waals surface area contributed by atoms with Gasteiger partial charge in [0, 0.05) is 13.7 Å². The zero-order valence-electron chi connectivity index (χ0n) is 10.7. The molecule has 1 amide bonds. The molecule has 5 heteroatoms. The lowest BCUT2D eigenvalue weighted by atomic mass is 10.1. The number of ether oxygens (including phenoxy) is 2. The van der Waals surface area contributed by atoms with Crippen molar-refractivity contribution in [3.8, 4) is 0 Å². The first-order chi connectivity index (χ1) is 7.38. The van der Waals surface area contributed by atoms with Crippen LogP contribution in [0, 0.1) is 0 Å². The molecule has 0 unspecified atom stereocenters. The third kappa shape index (κ3) is 4.18. The van der Waals surface area contributed by atoms with E-state index < -0.39 is 11.6 Å². The molecule has 0 heterocycles. The van der Waals surface area contributed by atoms with E-state index in [0.29, 0.717) is 13.2 Å². The van der Waals surface area contributed by atoms with Crippen molar-refractivity contribution in [1.29, 1.82) is 0 Å². The minimum absolute atomic E-state index is 0.0318. The van der Waals surface area contributed by atoms with Crippen LogP contribution in [0.15, 0.2) is 0 Å². The zero-order chi connectivity index (χ0) is 12.8. The Morgan fingerprint density at radius 3 is 2.19 bits per heavy atom. The maximum Gasteiger partial charge on any atom is 0.325 e. The normalized spacial score (nSPS) is 11.1. The van der Waals surface area contributed by atoms with Crippen LogP contribution in [0.25, 0.3) is 0 Å². The number of likely N-dealkylation sites (N-methyl/N-ethyl adjacent to an activating group) is 1. The molecule has 0 aromatic carbocycles. The van der Waals surface area contributed by atoms with E-state index in [1.807, 2.05) is 6.92 Å². The fourth-order valence-electron chi connectivity index (χ4n) is 1.16. The molecule has 0 saturated heterocycles. The average molecular weight is 231 g/mol. The Morgan fingerprint density at radius 2 is 1.81 bits per heavy atom. The van der Waals surface area contributed by atoms with Crippen molar-refractivity contribution in [1.82, 2.24) is 4.90 Å². The topological polar surface area (TPSA) is 55.8 Å². The minimum atomic E-state index is -0.914. The van der Waals surface area contributed by atoms with Crippen molar-refractivity contribution in [2.75, 3.05) is 26.8 Å². The maximum absolute atomic E-state index is 12.0. The minimum Gasteiger partial charge on any atom is -0.465 e. The largest absolute Gasteiger partial charge is 0.465 e. The predicted octanol–water partition coefficient (Wildman–Crippen LogP) is 0.823. The standard InChI is InChI=1S/C11H21NO4/c1-6-12(8-9(13)16-7-2)10(14)11(3,4)15-5/h6-8H2,1-5H3. The number of carbonyl (C=O) groups excluding carboxylic acids is 2. The third-order valence-corrected chi connectivity index (χ3v) is 2.32. The second-order valence-corrected chi connectivity index (χ2v) is 3.84. The molecule has 0 aromatic heterocycles. The van der Waals surface area contributed by atoms with Gasteiger partial charge in [-0.05, 0) is 27.7 Å². The fourth-order valence-corrected chi connectivity index (χ4v) is 1.16. The van der Waals surface area contributed by atoms with E-state index in [1.54, 1.807) is 20.8 Å². The highest BCUT2D eigenvalue weighted by atomic mass is 16.5. The number of esters is 1. The summed E-state index contributed by atoms with van der Waals surface area (Å²) in [6, 6.07) is 0. The summed E-state index contributed by atoms with van der Waals surface area (Å²) in [4.78, 5) is 24.7. The van der Waals surface area contributed by atoms with E-state index in [-0.39, 0.29) is 12.5 Å². The number of nitrogens with zero attached hydrogens (tertiary/aromatic N) is 1. The van der Waals surface area contributed by atoms with Gasteiger partial charge >= 0.3 is 5.97 Å². The van der Waals surface area contributed by atoms with Gasteiger partial charge < -0.3 is 14.4 Å². The van der Waals surface area contributed by atoms with Crippen molar-refractivity contribution in [3.05, 3.63) is 0 Å². The van der Waals surface area contributed by atoms with Crippen LogP contribution < -0.4 is 0 Å². The summed E-state index contributed by atoms with van der Waals surface area (Å²) in [5.74, 6) is -0.616. The summed E-state index contributed by atoms with van der Waals surface area (Å²) in [5, 5.41) is 0. The molecule has 16 heavy (non-hydrogen) atoms. The second kappa shape index (κ2) is 6.48. The molecular weight excluding hydrogens is 210 g/mol. The van der Waals surface area contributed by atoms with Gasteiger partial charge in [-0.15, -0.1) is 0 Å². The molecule has 0 aromatic rings. The van der Waals surface area contributed by atoms with Gasteiger partial charge in [-0.2, -0.15) is 0 Å². The molecule has 0 aliphatic heterocycles. The highest BCUT2D eigenvalue weighted by Crippen LogP contribution is 2.12. The highest BCUT2D eigenvalue weighted by Gasteiger charge is 2.32. The number of methoxy groups -OCH3 is 1. The molecular formula is C11H21NO4. The number of hydrogen-bond acceptors (Lipinski definition) is 4. The Kier molecular flexibility index (Phi) is 6.03. The number of amides is 1. The smallest absolute Gasteiger partial charge is 0.325 e. The van der Waals surface area contributed by atoms with Gasteiger partial charge in [0.15, 0.2) is 0 Å². The van der Waals surface area contributed by atoms with Crippen LogP contribution in [0.4, 0.5) is 0 Å². The first kappa shape index (κ1) is 14.9. The Labute approximate surface area is 96.7 Å². The number of hydrogen-bond donors (Lipinski definition) is 0. The number of rotatable bonds is 6. The first-order valence-corrected chi connectivity index (χ1v) is 5.39. The van der Waals surface area contributed by atoms with E-state index in [2.05, 4.69) is 0 Å². The monoisotopic (exact) mass is 231 g/mol. The van der Waals surface area contributed by atoms with Crippen LogP contribution in [0.2, 0.25) is 0 Å². The van der Waals surface area contributed by atoms with Crippen LogP contribution in [-0.4, -0.2) is 49.2 Å². The van der Waals surface area contributed by atoms with Crippen LogP contribution >= 0.6 is 0 Å². The van der Waals surface area contributed by atoms with Gasteiger partial charge in [0.1, 0.15) is 12.1 Å². The molecule has 0 fully saturated rings. The molecule has 0 N–H and O–H groups in total. The van der Waals surface area contributed by atoms with E-state index in [0.717, 1.165) is 0 Å². The van der Waals surface area contributed by atoms with Gasteiger partial charge in [0.25, 0.3) is 5.91 Å². The summed E-state index contributed by atoms with van der Waals surface area (Å²) in [7, 11) is 1.47. The van der Waals surface area contributed by atoms with E-state index in [4.69, 9.17) is 9.47 Å². The van der Waals surface area contributed by atoms with Crippen molar-refractivity contribution in [2.24, 2.45) is 0 Å². The fraction of sp³-hybridized carbons (Fsp3) is 0.818. The average Bonchev–Trinajstić information content (AvgIpc) is 2.25. The lowest BCUT2D eigenvalue weighted by Gasteiger charge is -2.29. The summed E-state index contributed by atoms with van der Waals surface area (Å²) >= 11 is 0. The van der Waals surface area contributed by atoms with Gasteiger partial charge in [0.2, 0.25) is 0 Å². The highest BCUT2D eigenvalue weighted by molar-refractivity contribution is 5.87. The Hall–Kier alpha value is -1.10. The summed E-state index contributed by atoms with van der Waals surface area (Å²) in [6.45, 7) is 7.61. The Morgan fingerprint density at radius 1 is 1.25 bits per heavy atom. The first-order valence-electron chi connectivity index (χ1n) is 5.39. The molecule has 0 aliphatic carbocycles. The second-order valence-electron chi connectivity index (χ2n) is 3.84. The summed E-state index contributed by atoms with van der Waals surface area (Å²) < 4.78 is 9.88. The number of carbonyl (C=O) groups is 2. The maximum atomic E-state index is 12.0. The Balaban J connectivity index is 4.50. The molecule has 0 spiro atoms. The van der Waals surface area contributed by atoms with Gasteiger partial charge in [-0.25, -0.2) is 0 Å². The molecule has 0 radical (unpaired) electrons. The van der Waals surface area contributed by atoms with Crippen molar-refractivity contribution in [3.63, 3.8) is 0 Å². The van der Waals surface area contributed by atoms with E-state index >= 15 is 0 Å². The van der Waals surface area contributed by atoms with Crippen LogP contribution in [-0.2, 0) is 19.1 Å². The Bertz CT molecular complexity index is 250. The molecule has 0 rings (SSSR count). The van der Waals surface area contributed by atoms with Crippen LogP contribution in [0.3, 0.4) is 0 Å². The predicted molar refractivity (Wildman–Crippen MR) is 60.0 cm³/mol. The third-order valence-electron chi connectivity index (χ3n) is 2.32. The van der Waals surface area contributed by atoms with Crippen LogP contribution in [0.1, 0.15) is 27.7 Å². The molecule has 5 nitrogen and oxygen atoms in total. The van der Waals surface area contributed by atoms with E-state index in [9.17, 15) is 9.59 Å². The lowest BCUT2D eigenvalue weighted by Crippen LogP contribution is -2.48. The molecule has 94 valence electrons. The van der Waals surface area contributed by atoms with Crippen LogP contribution in [0.5, 0.6) is 0 Å². The van der Waals surface area contributed by atoms with Gasteiger partial charge in [0.05, 0.1) is 6.61 Å². The summed E-state index contributed by atoms with van der Waals surface area (Å²) in [6.07, 6.45) is 0. The molecule has 0 bridgehead atoms. The lowest BCUT2D eigenvalue weighted by molar-refractivity contribution is -0.157. The van der Waals surface area contributed by atoms with Crippen molar-refractivity contribution < 1.29 is 19.1 Å². The molecule has 0 saturated carbocycles. The SMILES string of the molecule is CCOC(=O)CN(CC)C(=O)C(C)(C)OC. The van der Waals surface area contributed by atoms with Crippen molar-refractivity contribution in [2.45, 2.75) is 33.3 Å². The van der Waals surface area contributed by atoms with E-state index in [1.165, 1.54) is 12.0 Å². The van der Waals surface area contributed by atoms with Gasteiger partial charge in [-0.1, -0.05) is 0 Å². The van der Waals surface area contributed by atoms with Gasteiger partial charge in [-0.3, -0.25) is 9.59 Å². The van der Waals surface area contributed by atoms with Crippen molar-refractivity contribution >= 4 is 11.9 Å². The zero-order valence-corrected chi connectivity index (χ0v) is 10.7.